The molecule has 4 aromatic heterocycles. The molecule has 93 heavy (non-hydrogen) atoms. The number of aromatic nitrogens is 4. The molecule has 0 atom stereocenters. The van der Waals surface area contributed by atoms with Gasteiger partial charge >= 0.3 is 0 Å². The Kier molecular flexibility index (Phi) is 25.4. The molecule has 0 radical (unpaired) electrons. The van der Waals surface area contributed by atoms with Crippen LogP contribution in [-0.4, -0.2) is 107 Å². The molecule has 0 aliphatic carbocycles. The van der Waals surface area contributed by atoms with Crippen LogP contribution in [0, 0.1) is 6.92 Å². The van der Waals surface area contributed by atoms with E-state index in [1.54, 1.807) is 0 Å². The number of pyridine rings is 4. The van der Waals surface area contributed by atoms with Crippen molar-refractivity contribution in [2.45, 2.75) is 91.9 Å². The lowest BCUT2D eigenvalue weighted by atomic mass is 10.00. The van der Waals surface area contributed by atoms with Crippen LogP contribution >= 0.6 is 0 Å². The van der Waals surface area contributed by atoms with Crippen molar-refractivity contribution >= 4 is 79.2 Å². The van der Waals surface area contributed by atoms with Gasteiger partial charge < -0.3 is 26.2 Å². The van der Waals surface area contributed by atoms with Gasteiger partial charge in [-0.2, -0.15) is 0 Å². The van der Waals surface area contributed by atoms with Crippen LogP contribution in [0.3, 0.4) is 0 Å². The van der Waals surface area contributed by atoms with Crippen LogP contribution in [0.25, 0.3) is 21.5 Å². The first-order chi connectivity index (χ1) is 45.4. The molecule has 15 nitrogen and oxygen atoms in total. The van der Waals surface area contributed by atoms with E-state index in [-0.39, 0.29) is 5.78 Å². The number of aldehydes is 1. The Morgan fingerprint density at radius 3 is 1.43 bits per heavy atom. The highest BCUT2D eigenvalue weighted by molar-refractivity contribution is 6.09. The number of hydrogen-bond donors (Lipinski definition) is 3. The Hall–Kier alpha value is -9.96. The lowest BCUT2D eigenvalue weighted by Gasteiger charge is -2.22. The van der Waals surface area contributed by atoms with Gasteiger partial charge in [0, 0.05) is 145 Å². The number of unbranched alkanes of at least 4 members (excludes halogenated alkanes) is 2. The van der Waals surface area contributed by atoms with Gasteiger partial charge in [-0.15, -0.1) is 0 Å². The Morgan fingerprint density at radius 2 is 0.968 bits per heavy atom. The molecule has 0 bridgehead atoms. The van der Waals surface area contributed by atoms with E-state index in [4.69, 9.17) is 10.7 Å². The van der Waals surface area contributed by atoms with E-state index in [9.17, 15) is 14.4 Å². The Labute approximate surface area is 548 Å². The number of rotatable bonds is 30. The van der Waals surface area contributed by atoms with Gasteiger partial charge in [-0.1, -0.05) is 87.4 Å². The molecular formula is C78H88N12O3. The van der Waals surface area contributed by atoms with Gasteiger partial charge in [-0.05, 0) is 179 Å². The van der Waals surface area contributed by atoms with Crippen LogP contribution < -0.4 is 26.2 Å². The summed E-state index contributed by atoms with van der Waals surface area (Å²) in [5.41, 5.74) is 21.5. The molecular weight excluding hydrogens is 1150 g/mol. The number of carbonyl (C=O) groups is 3. The maximum Gasteiger partial charge on any atom is 0.152 e. The van der Waals surface area contributed by atoms with E-state index in [1.807, 2.05) is 147 Å². The van der Waals surface area contributed by atoms with E-state index >= 15 is 0 Å². The molecule has 6 aromatic carbocycles. The van der Waals surface area contributed by atoms with Crippen LogP contribution in [0.4, 0.5) is 34.1 Å². The summed E-state index contributed by atoms with van der Waals surface area (Å²) in [4.78, 5) is 66.6. The number of Topliss-reactive ketones (excluding diaryl/α,β-unsaturated/α-hetero) is 2. The van der Waals surface area contributed by atoms with Gasteiger partial charge in [0.15, 0.2) is 11.6 Å². The summed E-state index contributed by atoms with van der Waals surface area (Å²) in [5, 5.41) is 11.6. The first kappa shape index (κ1) is 67.4. The van der Waals surface area contributed by atoms with E-state index < -0.39 is 0 Å². The van der Waals surface area contributed by atoms with Crippen LogP contribution in [0.2, 0.25) is 0 Å². The van der Waals surface area contributed by atoms with Crippen LogP contribution in [0.5, 0.6) is 0 Å². The number of nitrogen functional groups attached to an aromatic ring is 1. The number of aryl methyl sites for hydroxylation is 1. The molecule has 4 N–H and O–H groups in total. The fraction of sp³-hybridized carbons (Fsp3) is 0.282. The monoisotopic (exact) mass is 1240 g/mol. The van der Waals surface area contributed by atoms with Crippen molar-refractivity contribution in [3.63, 3.8) is 0 Å². The molecule has 11 rings (SSSR count). The molecule has 0 saturated heterocycles. The predicted octanol–water partition coefficient (Wildman–Crippen LogP) is 14.9. The van der Waals surface area contributed by atoms with Gasteiger partial charge in [-0.3, -0.25) is 49.1 Å². The number of nitrogens with one attached hydrogen (secondary N) is 2. The van der Waals surface area contributed by atoms with Crippen LogP contribution in [0.15, 0.2) is 212 Å². The van der Waals surface area contributed by atoms with Gasteiger partial charge in [0.25, 0.3) is 0 Å². The van der Waals surface area contributed by atoms with E-state index in [1.165, 1.54) is 10.9 Å². The molecule has 0 amide bonds. The quantitative estimate of drug-likeness (QED) is 0.0286. The predicted molar refractivity (Wildman–Crippen MR) is 383 cm³/mol. The lowest BCUT2D eigenvalue weighted by Crippen LogP contribution is -2.29. The normalized spacial score (nSPS) is 11.5. The minimum Gasteiger partial charge on any atom is -0.399 e. The number of benzene rings is 6. The Morgan fingerprint density at radius 1 is 0.516 bits per heavy atom. The van der Waals surface area contributed by atoms with Crippen LogP contribution in [0.1, 0.15) is 102 Å². The van der Waals surface area contributed by atoms with E-state index in [2.05, 4.69) is 145 Å². The van der Waals surface area contributed by atoms with Crippen molar-refractivity contribution in [2.75, 3.05) is 79.5 Å². The first-order valence-electron chi connectivity index (χ1n) is 32.5. The zero-order valence-corrected chi connectivity index (χ0v) is 54.6. The average molecular weight is 1240 g/mol. The number of ketones is 2. The van der Waals surface area contributed by atoms with Gasteiger partial charge in [0.1, 0.15) is 6.29 Å². The summed E-state index contributed by atoms with van der Waals surface area (Å²) in [6.07, 6.45) is 14.3. The molecule has 0 saturated carbocycles. The van der Waals surface area contributed by atoms with Crippen molar-refractivity contribution in [3.05, 3.63) is 252 Å². The molecule has 478 valence electrons. The number of nitrogens with zero attached hydrogens (tertiary/aromatic N) is 9. The summed E-state index contributed by atoms with van der Waals surface area (Å²) < 4.78 is 0. The van der Waals surface area contributed by atoms with Crippen molar-refractivity contribution in [1.82, 2.24) is 29.7 Å². The molecule has 1 aliphatic heterocycles. The first-order valence-corrected chi connectivity index (χ1v) is 32.5. The van der Waals surface area contributed by atoms with E-state index in [0.29, 0.717) is 37.3 Å². The second-order valence-corrected chi connectivity index (χ2v) is 23.9. The number of hydrogen-bond acceptors (Lipinski definition) is 15. The number of anilines is 5. The maximum atomic E-state index is 12.3. The Balaban J connectivity index is 0.000000183. The lowest BCUT2D eigenvalue weighted by molar-refractivity contribution is -0.118. The van der Waals surface area contributed by atoms with Crippen molar-refractivity contribution in [3.8, 4) is 0 Å². The summed E-state index contributed by atoms with van der Waals surface area (Å²) in [6.45, 7) is 13.6. The van der Waals surface area contributed by atoms with Crippen LogP contribution in [-0.2, 0) is 42.2 Å². The van der Waals surface area contributed by atoms with Crippen molar-refractivity contribution < 1.29 is 14.4 Å². The highest BCUT2D eigenvalue weighted by Gasteiger charge is 2.19. The summed E-state index contributed by atoms with van der Waals surface area (Å²) in [5.74, 6) is 0.566. The number of fused-ring (bicyclic) bond motifs is 3. The summed E-state index contributed by atoms with van der Waals surface area (Å²) in [6, 6.07) is 61.3. The van der Waals surface area contributed by atoms with Crippen molar-refractivity contribution in [2.24, 2.45) is 4.99 Å². The minimum atomic E-state index is 0.274. The van der Waals surface area contributed by atoms with Gasteiger partial charge in [-0.25, -0.2) is 0 Å². The number of nitrogens with two attached hydrogens (primary N) is 1. The molecule has 0 fully saturated rings. The molecule has 0 unspecified atom stereocenters. The van der Waals surface area contributed by atoms with E-state index in [0.717, 1.165) is 181 Å². The molecule has 10 aromatic rings. The summed E-state index contributed by atoms with van der Waals surface area (Å²) >= 11 is 0. The zero-order chi connectivity index (χ0) is 65.2. The van der Waals surface area contributed by atoms with Gasteiger partial charge in [0.2, 0.25) is 0 Å². The number of aliphatic imine (C=N–C) groups is 1. The minimum absolute atomic E-state index is 0.274. The smallest absolute Gasteiger partial charge is 0.152 e. The highest BCUT2D eigenvalue weighted by Crippen LogP contribution is 2.33. The van der Waals surface area contributed by atoms with Crippen molar-refractivity contribution in [1.29, 1.82) is 0 Å². The molecule has 0 spiro atoms. The second-order valence-electron chi connectivity index (χ2n) is 23.9. The molecule has 15 heteroatoms. The third kappa shape index (κ3) is 21.0. The second kappa shape index (κ2) is 35.0. The molecule has 1 aliphatic rings. The largest absolute Gasteiger partial charge is 0.399 e. The van der Waals surface area contributed by atoms with Gasteiger partial charge in [0.05, 0.1) is 47.3 Å². The number of carbonyl (C=O) groups excluding carboxylic acids is 3. The fourth-order valence-electron chi connectivity index (χ4n) is 11.1. The summed E-state index contributed by atoms with van der Waals surface area (Å²) in [7, 11) is 3.93. The molecule has 5 heterocycles. The maximum absolute atomic E-state index is 12.3. The average Bonchev–Trinajstić information content (AvgIpc) is 1.79. The Bertz CT molecular complexity index is 3960. The zero-order valence-electron chi connectivity index (χ0n) is 54.6. The number of likely N-dealkylation sites (N-methyl/N-ethyl adjacent to an activating group) is 2. The highest BCUT2D eigenvalue weighted by atomic mass is 16.1. The standard InChI is InChI=1S/C39H42N6O.C21H25N5.C18H21NO2/c1-3-4-11-37(46)28-44(2)36-16-14-29-22-31(13-12-30(29)24-36)39-25-32-23-33(15-17-38(32)43-39)42-20-21-45(26-34-9-5-7-18-40-34)27-35-10-6-8-19-41-35;1-17-14-18(8-9-21(17)22)25-12-13-26(15-19-6-2-4-10-23-19)16-20-7-3-5-11-24-20;1-3-4-5-18(21)12-19(2)17-9-8-15-10-14(13-20)6-7-16(15)11-17/h5-10,12-19,22-24,42H,3-4,11,20-21,25-28H2,1-2H3;2-11,14,25H,12-13,15-16,22H2,1H3;6-11,13H,3-5,12H2,1-2H3. The third-order valence-corrected chi connectivity index (χ3v) is 16.4. The fourth-order valence-corrected chi connectivity index (χ4v) is 11.1. The topological polar surface area (TPSA) is 178 Å². The SMILES string of the molecule is CCCCC(=O)CN(C)c1ccc2cc(C3=Nc4ccc(NCCN(Cc5ccccn5)Cc5ccccn5)cc4C3)ccc2c1.CCCCC(=O)CN(C)c1ccc2cc(C=O)ccc2c1.Cc1cc(NCCN(Cc2ccccn2)Cc2ccccn2)ccc1N. The third-order valence-electron chi connectivity index (χ3n) is 16.4.